The first-order valence-electron chi connectivity index (χ1n) is 10.2. The lowest BCUT2D eigenvalue weighted by Crippen LogP contribution is -2.67. The van der Waals surface area contributed by atoms with E-state index in [1.54, 1.807) is 0 Å². The van der Waals surface area contributed by atoms with Crippen LogP contribution in [0.2, 0.25) is 0 Å². The van der Waals surface area contributed by atoms with Gasteiger partial charge in [0, 0.05) is 6.54 Å². The van der Waals surface area contributed by atoms with E-state index in [2.05, 4.69) is 0 Å². The summed E-state index contributed by atoms with van der Waals surface area (Å²) in [6.07, 6.45) is -18.4. The van der Waals surface area contributed by atoms with Gasteiger partial charge < -0.3 is 76.0 Å². The number of aliphatic hydroxyl groups is 8. The predicted octanol–water partition coefficient (Wildman–Crippen LogP) is -7.00. The van der Waals surface area contributed by atoms with Crippen LogP contribution >= 0.6 is 0 Å². The minimum atomic E-state index is -1.72. The molecule has 3 fully saturated rings. The average Bonchev–Trinajstić information content (AvgIpc) is 3.06. The molecule has 0 aromatic rings. The number of hydrogen-bond acceptors (Lipinski definition) is 15. The van der Waals surface area contributed by atoms with Crippen LogP contribution in [-0.2, 0) is 23.7 Å². The molecular weight excluding hydrogens is 440 g/mol. The molecule has 0 saturated carbocycles. The summed E-state index contributed by atoms with van der Waals surface area (Å²) < 4.78 is 27.1. The number of hydrogen-bond donors (Lipinski definition) is 10. The van der Waals surface area contributed by atoms with Gasteiger partial charge in [0.25, 0.3) is 0 Å². The molecule has 14 atom stereocenters. The molecule has 32 heavy (non-hydrogen) atoms. The first kappa shape index (κ1) is 26.0. The fourth-order valence-corrected chi connectivity index (χ4v) is 3.94. The molecule has 3 rings (SSSR count). The van der Waals surface area contributed by atoms with Crippen LogP contribution in [0.25, 0.3) is 0 Å². The molecule has 15 heteroatoms. The SMILES string of the molecule is NC[C@@H]1O[C@H](O[C@@H]2[C@@H](CO)OC(O)[C@@H]2O)[C@H](N)[C@@H](O)[C@@H]1O[C@H]1O[C@H](CO)[C@@H](O)[C@H](O)[C@@H]1O. The number of aliphatic hydroxyl groups excluding tert-OH is 8. The number of rotatable bonds is 7. The second-order valence-corrected chi connectivity index (χ2v) is 7.98. The largest absolute Gasteiger partial charge is 0.394 e. The Kier molecular flexibility index (Phi) is 8.75. The third-order valence-corrected chi connectivity index (χ3v) is 5.87. The first-order chi connectivity index (χ1) is 15.1. The highest BCUT2D eigenvalue weighted by atomic mass is 16.7. The standard InChI is InChI=1S/C17H32N2O13/c18-1-4-13(32-17-11(25)10(24)8(22)5(2-20)30-17)9(23)7(19)16(29-4)31-14-6(3-21)28-15(27)12(14)26/h4-17,20-27H,1-3,18-19H2/t4-,5+,6+,7+,8+,9+,10-,11-,12+,13+,14+,15?,16+,17+/m0/s1. The summed E-state index contributed by atoms with van der Waals surface area (Å²) in [5, 5.41) is 79.0. The fourth-order valence-electron chi connectivity index (χ4n) is 3.94. The summed E-state index contributed by atoms with van der Waals surface area (Å²) in [5.41, 5.74) is 11.7. The molecule has 0 spiro atoms. The van der Waals surface area contributed by atoms with Crippen LogP contribution in [-0.4, -0.2) is 147 Å². The molecule has 3 saturated heterocycles. The van der Waals surface area contributed by atoms with Crippen LogP contribution in [0.15, 0.2) is 0 Å². The lowest BCUT2D eigenvalue weighted by atomic mass is 9.95. The normalized spacial score (nSPS) is 52.3. The van der Waals surface area contributed by atoms with Crippen LogP contribution in [0.1, 0.15) is 0 Å². The Bertz CT molecular complexity index is 601. The van der Waals surface area contributed by atoms with Crippen molar-refractivity contribution in [3.8, 4) is 0 Å². The minimum Gasteiger partial charge on any atom is -0.394 e. The number of nitrogens with two attached hydrogens (primary N) is 2. The van der Waals surface area contributed by atoms with Crippen molar-refractivity contribution in [1.82, 2.24) is 0 Å². The van der Waals surface area contributed by atoms with Gasteiger partial charge >= 0.3 is 0 Å². The van der Waals surface area contributed by atoms with E-state index in [9.17, 15) is 40.9 Å². The molecule has 0 aromatic heterocycles. The molecule has 0 radical (unpaired) electrons. The maximum Gasteiger partial charge on any atom is 0.187 e. The predicted molar refractivity (Wildman–Crippen MR) is 99.2 cm³/mol. The van der Waals surface area contributed by atoms with E-state index < -0.39 is 99.2 Å². The molecule has 1 unspecified atom stereocenters. The Morgan fingerprint density at radius 3 is 1.78 bits per heavy atom. The van der Waals surface area contributed by atoms with E-state index in [0.717, 1.165) is 0 Å². The first-order valence-corrected chi connectivity index (χ1v) is 10.2. The van der Waals surface area contributed by atoms with Crippen LogP contribution < -0.4 is 11.5 Å². The Morgan fingerprint density at radius 1 is 0.625 bits per heavy atom. The van der Waals surface area contributed by atoms with E-state index in [1.807, 2.05) is 0 Å². The summed E-state index contributed by atoms with van der Waals surface area (Å²) in [6, 6.07) is -1.28. The Balaban J connectivity index is 1.70. The van der Waals surface area contributed by atoms with Gasteiger partial charge in [0.1, 0.15) is 61.0 Å². The fraction of sp³-hybridized carbons (Fsp3) is 1.00. The van der Waals surface area contributed by atoms with E-state index in [0.29, 0.717) is 0 Å². The molecule has 3 aliphatic heterocycles. The van der Waals surface area contributed by atoms with Crippen molar-refractivity contribution in [2.45, 2.75) is 86.0 Å². The van der Waals surface area contributed by atoms with Crippen LogP contribution in [0.5, 0.6) is 0 Å². The molecule has 0 bridgehead atoms. The zero-order valence-corrected chi connectivity index (χ0v) is 17.0. The lowest BCUT2D eigenvalue weighted by molar-refractivity contribution is -0.348. The third kappa shape index (κ3) is 4.92. The molecule has 0 aromatic carbocycles. The van der Waals surface area contributed by atoms with Crippen LogP contribution in [0.3, 0.4) is 0 Å². The van der Waals surface area contributed by atoms with Crippen molar-refractivity contribution in [2.24, 2.45) is 11.5 Å². The van der Waals surface area contributed by atoms with E-state index in [-0.39, 0.29) is 6.54 Å². The van der Waals surface area contributed by atoms with Crippen molar-refractivity contribution >= 4 is 0 Å². The van der Waals surface area contributed by atoms with Crippen molar-refractivity contribution < 1.29 is 64.5 Å². The van der Waals surface area contributed by atoms with Crippen LogP contribution in [0.4, 0.5) is 0 Å². The average molecular weight is 472 g/mol. The maximum atomic E-state index is 10.7. The van der Waals surface area contributed by atoms with Crippen molar-refractivity contribution in [3.63, 3.8) is 0 Å². The topological polar surface area (TPSA) is 260 Å². The van der Waals surface area contributed by atoms with Gasteiger partial charge in [-0.25, -0.2) is 0 Å². The van der Waals surface area contributed by atoms with E-state index in [1.165, 1.54) is 0 Å². The highest BCUT2D eigenvalue weighted by Crippen LogP contribution is 2.31. The van der Waals surface area contributed by atoms with Gasteiger partial charge in [-0.15, -0.1) is 0 Å². The second-order valence-electron chi connectivity index (χ2n) is 7.98. The minimum absolute atomic E-state index is 0.221. The second kappa shape index (κ2) is 10.8. The lowest BCUT2D eigenvalue weighted by Gasteiger charge is -2.47. The Hall–Kier alpha value is -0.600. The molecule has 12 N–H and O–H groups in total. The van der Waals surface area contributed by atoms with Gasteiger partial charge in [-0.05, 0) is 0 Å². The van der Waals surface area contributed by atoms with Crippen molar-refractivity contribution in [3.05, 3.63) is 0 Å². The van der Waals surface area contributed by atoms with E-state index in [4.69, 9.17) is 35.2 Å². The number of ether oxygens (including phenoxy) is 5. The summed E-state index contributed by atoms with van der Waals surface area (Å²) in [5.74, 6) is 0. The molecular formula is C17H32N2O13. The molecule has 0 aliphatic carbocycles. The maximum absolute atomic E-state index is 10.7. The molecule has 0 amide bonds. The van der Waals surface area contributed by atoms with Gasteiger partial charge in [0.2, 0.25) is 0 Å². The summed E-state index contributed by atoms with van der Waals surface area (Å²) in [7, 11) is 0. The monoisotopic (exact) mass is 472 g/mol. The molecule has 15 nitrogen and oxygen atoms in total. The summed E-state index contributed by atoms with van der Waals surface area (Å²) in [6.45, 7) is -1.47. The highest BCUT2D eigenvalue weighted by Gasteiger charge is 2.52. The van der Waals surface area contributed by atoms with Crippen molar-refractivity contribution in [2.75, 3.05) is 19.8 Å². The van der Waals surface area contributed by atoms with Gasteiger partial charge in [-0.1, -0.05) is 0 Å². The van der Waals surface area contributed by atoms with E-state index >= 15 is 0 Å². The van der Waals surface area contributed by atoms with Gasteiger partial charge in [-0.2, -0.15) is 0 Å². The summed E-state index contributed by atoms with van der Waals surface area (Å²) in [4.78, 5) is 0. The smallest absolute Gasteiger partial charge is 0.187 e. The van der Waals surface area contributed by atoms with Gasteiger partial charge in [0.05, 0.1) is 19.3 Å². The zero-order chi connectivity index (χ0) is 23.7. The third-order valence-electron chi connectivity index (χ3n) is 5.87. The van der Waals surface area contributed by atoms with Gasteiger partial charge in [0.15, 0.2) is 18.9 Å². The van der Waals surface area contributed by atoms with Gasteiger partial charge in [-0.3, -0.25) is 0 Å². The molecule has 188 valence electrons. The highest BCUT2D eigenvalue weighted by molar-refractivity contribution is 4.97. The van der Waals surface area contributed by atoms with Crippen LogP contribution in [0, 0.1) is 0 Å². The summed E-state index contributed by atoms with van der Waals surface area (Å²) >= 11 is 0. The van der Waals surface area contributed by atoms with Crippen molar-refractivity contribution in [1.29, 1.82) is 0 Å². The molecule has 3 aliphatic rings. The molecule has 3 heterocycles. The zero-order valence-electron chi connectivity index (χ0n) is 17.0. The quantitative estimate of drug-likeness (QED) is 0.165. The Labute approximate surface area is 182 Å². The Morgan fingerprint density at radius 2 is 1.19 bits per heavy atom.